The zero-order valence-corrected chi connectivity index (χ0v) is 15.4. The summed E-state index contributed by atoms with van der Waals surface area (Å²) < 4.78 is 30.4. The summed E-state index contributed by atoms with van der Waals surface area (Å²) in [7, 11) is 0. The summed E-state index contributed by atoms with van der Waals surface area (Å²) in [6.45, 7) is -0.811. The number of hydrogen-bond acceptors (Lipinski definition) is 5. The summed E-state index contributed by atoms with van der Waals surface area (Å²) in [5.74, 6) is -0.509. The van der Waals surface area contributed by atoms with Gasteiger partial charge in [0.25, 0.3) is 5.56 Å². The first-order chi connectivity index (χ1) is 13.3. The fourth-order valence-electron chi connectivity index (χ4n) is 3.30. The molecule has 1 aromatic carbocycles. The molecule has 1 aliphatic heterocycles. The number of nitrogens with zero attached hydrogens (tertiary/aromatic N) is 2. The second kappa shape index (κ2) is 6.83. The standard InChI is InChI=1S/C19H14F2N2O4S/c1-9-13-16(28-14(9)18(25)26)22-15-11(6-7-23(15)17(13)24)8-10-2-4-12(5-3-10)27-19(20)21/h2-5,8,19H,6-7H2,1H3,(H,25,26)/b11-8-. The predicted octanol–water partition coefficient (Wildman–Crippen LogP) is 4.01. The van der Waals surface area contributed by atoms with Crippen LogP contribution in [0.4, 0.5) is 8.78 Å². The first-order valence-corrected chi connectivity index (χ1v) is 9.20. The zero-order valence-electron chi connectivity index (χ0n) is 14.6. The van der Waals surface area contributed by atoms with E-state index >= 15 is 0 Å². The number of halogens is 2. The number of thiophene rings is 1. The Labute approximate surface area is 161 Å². The van der Waals surface area contributed by atoms with Crippen molar-refractivity contribution in [2.24, 2.45) is 0 Å². The second-order valence-corrected chi connectivity index (χ2v) is 7.30. The highest BCUT2D eigenvalue weighted by Gasteiger charge is 2.25. The van der Waals surface area contributed by atoms with Crippen molar-refractivity contribution in [1.82, 2.24) is 9.55 Å². The highest BCUT2D eigenvalue weighted by Crippen LogP contribution is 2.32. The van der Waals surface area contributed by atoms with Crippen LogP contribution in [0, 0.1) is 6.92 Å². The van der Waals surface area contributed by atoms with E-state index in [0.717, 1.165) is 22.5 Å². The van der Waals surface area contributed by atoms with Crippen molar-refractivity contribution in [3.05, 3.63) is 56.4 Å². The lowest BCUT2D eigenvalue weighted by Gasteiger charge is -2.05. The number of benzene rings is 1. The summed E-state index contributed by atoms with van der Waals surface area (Å²) in [6.07, 6.45) is 2.43. The summed E-state index contributed by atoms with van der Waals surface area (Å²) >= 11 is 0.989. The number of allylic oxidation sites excluding steroid dienone is 1. The number of aryl methyl sites for hydroxylation is 1. The van der Waals surface area contributed by atoms with E-state index in [4.69, 9.17) is 0 Å². The minimum absolute atomic E-state index is 0.0651. The molecule has 0 saturated carbocycles. The molecule has 0 amide bonds. The molecular weight excluding hydrogens is 390 g/mol. The van der Waals surface area contributed by atoms with Crippen LogP contribution in [0.5, 0.6) is 5.75 Å². The molecule has 0 radical (unpaired) electrons. The topological polar surface area (TPSA) is 81.4 Å². The maximum absolute atomic E-state index is 12.8. The van der Waals surface area contributed by atoms with Crippen LogP contribution in [0.3, 0.4) is 0 Å². The molecule has 0 saturated heterocycles. The zero-order chi connectivity index (χ0) is 20.0. The third kappa shape index (κ3) is 3.07. The highest BCUT2D eigenvalue weighted by atomic mass is 32.1. The molecule has 1 aliphatic rings. The van der Waals surface area contributed by atoms with Crippen LogP contribution in [0.1, 0.15) is 33.0 Å². The highest BCUT2D eigenvalue weighted by molar-refractivity contribution is 7.20. The smallest absolute Gasteiger partial charge is 0.387 e. The molecule has 3 heterocycles. The van der Waals surface area contributed by atoms with Crippen LogP contribution >= 0.6 is 11.3 Å². The monoisotopic (exact) mass is 404 g/mol. The van der Waals surface area contributed by atoms with Crippen molar-refractivity contribution in [1.29, 1.82) is 0 Å². The third-order valence-corrected chi connectivity index (χ3v) is 5.76. The number of aromatic carboxylic acids is 1. The normalized spacial score (nSPS) is 14.8. The average Bonchev–Trinajstić information content (AvgIpc) is 3.18. The van der Waals surface area contributed by atoms with Crippen molar-refractivity contribution in [2.75, 3.05) is 0 Å². The van der Waals surface area contributed by atoms with Gasteiger partial charge in [-0.1, -0.05) is 12.1 Å². The Balaban J connectivity index is 1.76. The molecule has 9 heteroatoms. The Bertz CT molecular complexity index is 1180. The third-order valence-electron chi connectivity index (χ3n) is 4.58. The van der Waals surface area contributed by atoms with E-state index in [1.165, 1.54) is 12.1 Å². The van der Waals surface area contributed by atoms with Crippen LogP contribution in [0.2, 0.25) is 0 Å². The van der Waals surface area contributed by atoms with Gasteiger partial charge in [0, 0.05) is 6.54 Å². The molecular formula is C19H14F2N2O4S. The number of hydrogen-bond donors (Lipinski definition) is 1. The van der Waals surface area contributed by atoms with Crippen molar-refractivity contribution in [2.45, 2.75) is 26.5 Å². The van der Waals surface area contributed by atoms with Gasteiger partial charge in [0.15, 0.2) is 0 Å². The minimum Gasteiger partial charge on any atom is -0.477 e. The number of carboxylic acid groups (broad SMARTS) is 1. The fourth-order valence-corrected chi connectivity index (χ4v) is 4.31. The molecule has 0 fully saturated rings. The van der Waals surface area contributed by atoms with Crippen LogP contribution in [-0.2, 0) is 6.54 Å². The molecule has 0 atom stereocenters. The largest absolute Gasteiger partial charge is 0.477 e. The summed E-state index contributed by atoms with van der Waals surface area (Å²) in [5, 5.41) is 9.64. The van der Waals surface area contributed by atoms with Crippen molar-refractivity contribution in [3.63, 3.8) is 0 Å². The maximum atomic E-state index is 12.8. The van der Waals surface area contributed by atoms with Gasteiger partial charge in [-0.25, -0.2) is 9.78 Å². The molecule has 3 aromatic rings. The Morgan fingerprint density at radius 2 is 2.07 bits per heavy atom. The number of ether oxygens (including phenoxy) is 1. The lowest BCUT2D eigenvalue weighted by molar-refractivity contribution is -0.0498. The average molecular weight is 404 g/mol. The molecule has 28 heavy (non-hydrogen) atoms. The fraction of sp³-hybridized carbons (Fsp3) is 0.211. The molecule has 0 bridgehead atoms. The SMILES string of the molecule is Cc1c(C(=O)O)sc2nc3n(c(=O)c12)CC/C3=C/c1ccc(OC(F)F)cc1. The van der Waals surface area contributed by atoms with E-state index in [0.29, 0.717) is 34.6 Å². The van der Waals surface area contributed by atoms with Gasteiger partial charge in [-0.2, -0.15) is 8.78 Å². The van der Waals surface area contributed by atoms with Crippen molar-refractivity contribution in [3.8, 4) is 5.75 Å². The van der Waals surface area contributed by atoms with Gasteiger partial charge in [0.1, 0.15) is 21.3 Å². The molecule has 0 unspecified atom stereocenters. The number of aromatic nitrogens is 2. The van der Waals surface area contributed by atoms with Crippen molar-refractivity contribution >= 4 is 39.2 Å². The molecule has 0 aliphatic carbocycles. The Morgan fingerprint density at radius 1 is 1.36 bits per heavy atom. The molecule has 1 N–H and O–H groups in total. The number of carboxylic acids is 1. The van der Waals surface area contributed by atoms with Crippen molar-refractivity contribution < 1.29 is 23.4 Å². The molecule has 144 valence electrons. The lowest BCUT2D eigenvalue weighted by atomic mass is 10.1. The number of fused-ring (bicyclic) bond motifs is 2. The van der Waals surface area contributed by atoms with Gasteiger partial charge in [0.05, 0.1) is 5.39 Å². The Morgan fingerprint density at radius 3 is 2.71 bits per heavy atom. The van der Waals surface area contributed by atoms with Crippen LogP contribution in [0.25, 0.3) is 21.9 Å². The van der Waals surface area contributed by atoms with Gasteiger partial charge < -0.3 is 9.84 Å². The maximum Gasteiger partial charge on any atom is 0.387 e. The summed E-state index contributed by atoms with van der Waals surface area (Å²) in [4.78, 5) is 29.3. The number of alkyl halides is 2. The first-order valence-electron chi connectivity index (χ1n) is 8.38. The summed E-state index contributed by atoms with van der Waals surface area (Å²) in [6, 6.07) is 6.17. The van der Waals surface area contributed by atoms with E-state index in [1.807, 2.05) is 6.08 Å². The van der Waals surface area contributed by atoms with Gasteiger partial charge in [-0.15, -0.1) is 11.3 Å². The van der Waals surface area contributed by atoms with Gasteiger partial charge in [-0.3, -0.25) is 9.36 Å². The molecule has 0 spiro atoms. The Hall–Kier alpha value is -3.07. The number of rotatable bonds is 4. The molecule has 6 nitrogen and oxygen atoms in total. The molecule has 4 rings (SSSR count). The van der Waals surface area contributed by atoms with E-state index in [-0.39, 0.29) is 16.2 Å². The van der Waals surface area contributed by atoms with Crippen LogP contribution in [0.15, 0.2) is 29.1 Å². The quantitative estimate of drug-likeness (QED) is 0.711. The number of carbonyl (C=O) groups is 1. The van der Waals surface area contributed by atoms with Gasteiger partial charge in [0.2, 0.25) is 0 Å². The molecule has 2 aromatic heterocycles. The van der Waals surface area contributed by atoms with Gasteiger partial charge >= 0.3 is 12.6 Å². The first kappa shape index (κ1) is 18.3. The van der Waals surface area contributed by atoms with E-state index in [1.54, 1.807) is 23.6 Å². The second-order valence-electron chi connectivity index (χ2n) is 6.30. The Kier molecular flexibility index (Phi) is 4.46. The van der Waals surface area contributed by atoms with E-state index < -0.39 is 12.6 Å². The van der Waals surface area contributed by atoms with E-state index in [9.17, 15) is 23.5 Å². The summed E-state index contributed by atoms with van der Waals surface area (Å²) in [5.41, 5.74) is 1.77. The van der Waals surface area contributed by atoms with E-state index in [2.05, 4.69) is 9.72 Å². The van der Waals surface area contributed by atoms with Gasteiger partial charge in [-0.05, 0) is 48.3 Å². The predicted molar refractivity (Wildman–Crippen MR) is 101 cm³/mol. The van der Waals surface area contributed by atoms with Crippen LogP contribution in [-0.4, -0.2) is 27.2 Å². The van der Waals surface area contributed by atoms with Crippen LogP contribution < -0.4 is 10.3 Å². The lowest BCUT2D eigenvalue weighted by Crippen LogP contribution is -2.20. The minimum atomic E-state index is -2.88.